The van der Waals surface area contributed by atoms with Crippen molar-refractivity contribution < 1.29 is 4.74 Å². The monoisotopic (exact) mass is 229 g/mol. The zero-order valence-electron chi connectivity index (χ0n) is 10.2. The van der Waals surface area contributed by atoms with E-state index >= 15 is 0 Å². The molecule has 0 saturated carbocycles. The van der Waals surface area contributed by atoms with Gasteiger partial charge in [0.1, 0.15) is 5.75 Å². The number of ether oxygens (including phenoxy) is 1. The standard InChI is InChI=1S/C13H15N3O/c1-5-6-15-10-8-16-12(7-11(10)17-4)13(2,3)9-14/h1,7-8,15H,6H2,2-4H3. The molecule has 1 aromatic heterocycles. The molecule has 1 N–H and O–H groups in total. The third-order valence-electron chi connectivity index (χ3n) is 2.39. The first-order valence-corrected chi connectivity index (χ1v) is 5.18. The van der Waals surface area contributed by atoms with Crippen molar-refractivity contribution in [2.24, 2.45) is 0 Å². The van der Waals surface area contributed by atoms with Gasteiger partial charge in [-0.2, -0.15) is 5.26 Å². The van der Waals surface area contributed by atoms with Crippen molar-refractivity contribution in [3.8, 4) is 24.2 Å². The van der Waals surface area contributed by atoms with Gasteiger partial charge in [0.15, 0.2) is 0 Å². The Labute approximate surface area is 102 Å². The third kappa shape index (κ3) is 2.89. The number of hydrogen-bond donors (Lipinski definition) is 1. The second-order valence-corrected chi connectivity index (χ2v) is 4.06. The van der Waals surface area contributed by atoms with E-state index in [0.717, 1.165) is 5.69 Å². The number of pyridine rings is 1. The van der Waals surface area contributed by atoms with Crippen LogP contribution in [-0.4, -0.2) is 18.6 Å². The van der Waals surface area contributed by atoms with Gasteiger partial charge in [-0.1, -0.05) is 5.92 Å². The Morgan fingerprint density at radius 3 is 2.82 bits per heavy atom. The third-order valence-corrected chi connectivity index (χ3v) is 2.39. The van der Waals surface area contributed by atoms with Gasteiger partial charge in [-0.05, 0) is 13.8 Å². The van der Waals surface area contributed by atoms with Crippen LogP contribution in [0.25, 0.3) is 0 Å². The predicted octanol–water partition coefficient (Wildman–Crippen LogP) is 1.94. The van der Waals surface area contributed by atoms with Gasteiger partial charge in [0.2, 0.25) is 0 Å². The molecule has 0 atom stereocenters. The fraction of sp³-hybridized carbons (Fsp3) is 0.385. The van der Waals surface area contributed by atoms with Crippen LogP contribution < -0.4 is 10.1 Å². The zero-order chi connectivity index (χ0) is 12.9. The number of nitrogens with zero attached hydrogens (tertiary/aromatic N) is 2. The van der Waals surface area contributed by atoms with Crippen molar-refractivity contribution in [2.45, 2.75) is 19.3 Å². The Bertz CT molecular complexity index is 480. The van der Waals surface area contributed by atoms with Crippen molar-refractivity contribution in [3.05, 3.63) is 18.0 Å². The van der Waals surface area contributed by atoms with Crippen LogP contribution in [0.1, 0.15) is 19.5 Å². The summed E-state index contributed by atoms with van der Waals surface area (Å²) in [5, 5.41) is 12.1. The van der Waals surface area contributed by atoms with Gasteiger partial charge in [-0.15, -0.1) is 6.42 Å². The number of anilines is 1. The lowest BCUT2D eigenvalue weighted by molar-refractivity contribution is 0.414. The average Bonchev–Trinajstić information content (AvgIpc) is 2.35. The normalized spacial score (nSPS) is 10.2. The number of aromatic nitrogens is 1. The summed E-state index contributed by atoms with van der Waals surface area (Å²) in [5.74, 6) is 3.11. The van der Waals surface area contributed by atoms with Crippen molar-refractivity contribution >= 4 is 5.69 Å². The van der Waals surface area contributed by atoms with Crippen LogP contribution in [0, 0.1) is 23.7 Å². The van der Waals surface area contributed by atoms with Crippen molar-refractivity contribution in [2.75, 3.05) is 19.0 Å². The molecule has 4 heteroatoms. The summed E-state index contributed by atoms with van der Waals surface area (Å²) in [6, 6.07) is 3.95. The summed E-state index contributed by atoms with van der Waals surface area (Å²) in [7, 11) is 1.57. The van der Waals surface area contributed by atoms with Crippen LogP contribution in [0.15, 0.2) is 12.3 Å². The maximum Gasteiger partial charge on any atom is 0.145 e. The lowest BCUT2D eigenvalue weighted by atomic mass is 9.91. The summed E-state index contributed by atoms with van der Waals surface area (Å²) in [6.07, 6.45) is 6.80. The minimum Gasteiger partial charge on any atom is -0.494 e. The Kier molecular flexibility index (Phi) is 3.96. The maximum atomic E-state index is 9.05. The molecule has 17 heavy (non-hydrogen) atoms. The van der Waals surface area contributed by atoms with Crippen LogP contribution >= 0.6 is 0 Å². The lowest BCUT2D eigenvalue weighted by Crippen LogP contribution is -2.16. The van der Waals surface area contributed by atoms with Crippen LogP contribution in [-0.2, 0) is 5.41 Å². The molecule has 0 aliphatic carbocycles. The highest BCUT2D eigenvalue weighted by Gasteiger charge is 2.22. The second-order valence-electron chi connectivity index (χ2n) is 4.06. The number of methoxy groups -OCH3 is 1. The SMILES string of the molecule is C#CCNc1cnc(C(C)(C)C#N)cc1OC. The van der Waals surface area contributed by atoms with Gasteiger partial charge in [0.25, 0.3) is 0 Å². The summed E-state index contributed by atoms with van der Waals surface area (Å²) in [5.41, 5.74) is 0.754. The molecule has 0 unspecified atom stereocenters. The number of hydrogen-bond acceptors (Lipinski definition) is 4. The molecule has 4 nitrogen and oxygen atoms in total. The summed E-state index contributed by atoms with van der Waals surface area (Å²) < 4.78 is 5.24. The molecule has 0 saturated heterocycles. The summed E-state index contributed by atoms with van der Waals surface area (Å²) in [6.45, 7) is 4.02. The molecule has 88 valence electrons. The van der Waals surface area contributed by atoms with Crippen molar-refractivity contribution in [1.29, 1.82) is 5.26 Å². The molecule has 1 aromatic rings. The van der Waals surface area contributed by atoms with Gasteiger partial charge in [0.05, 0.1) is 42.7 Å². The Hall–Kier alpha value is -2.20. The molecule has 0 aromatic carbocycles. The van der Waals surface area contributed by atoms with Crippen LogP contribution in [0.2, 0.25) is 0 Å². The van der Waals surface area contributed by atoms with Gasteiger partial charge in [-0.3, -0.25) is 4.98 Å². The van der Waals surface area contributed by atoms with E-state index in [-0.39, 0.29) is 0 Å². The van der Waals surface area contributed by atoms with E-state index < -0.39 is 5.41 Å². The van der Waals surface area contributed by atoms with E-state index in [1.54, 1.807) is 19.4 Å². The minimum absolute atomic E-state index is 0.402. The van der Waals surface area contributed by atoms with Gasteiger partial charge >= 0.3 is 0 Å². The van der Waals surface area contributed by atoms with Crippen LogP contribution in [0.4, 0.5) is 5.69 Å². The molecule has 1 rings (SSSR count). The Morgan fingerprint density at radius 1 is 1.59 bits per heavy atom. The molecule has 1 heterocycles. The minimum atomic E-state index is -0.641. The molecule has 0 fully saturated rings. The van der Waals surface area contributed by atoms with E-state index in [0.29, 0.717) is 18.0 Å². The van der Waals surface area contributed by atoms with E-state index in [2.05, 4.69) is 22.3 Å². The average molecular weight is 229 g/mol. The number of terminal acetylenes is 1. The molecular weight excluding hydrogens is 214 g/mol. The van der Waals surface area contributed by atoms with E-state index in [4.69, 9.17) is 16.4 Å². The highest BCUT2D eigenvalue weighted by atomic mass is 16.5. The number of nitrogens with one attached hydrogen (secondary N) is 1. The van der Waals surface area contributed by atoms with Crippen molar-refractivity contribution in [1.82, 2.24) is 4.98 Å². The van der Waals surface area contributed by atoms with Crippen molar-refractivity contribution in [3.63, 3.8) is 0 Å². The smallest absolute Gasteiger partial charge is 0.145 e. The molecule has 0 aliphatic rings. The quantitative estimate of drug-likeness (QED) is 0.801. The lowest BCUT2D eigenvalue weighted by Gasteiger charge is -2.17. The van der Waals surface area contributed by atoms with E-state index in [9.17, 15) is 0 Å². The first-order valence-electron chi connectivity index (χ1n) is 5.18. The predicted molar refractivity (Wildman–Crippen MR) is 66.8 cm³/mol. The molecule has 0 bridgehead atoms. The molecule has 0 radical (unpaired) electrons. The summed E-state index contributed by atoms with van der Waals surface area (Å²) in [4.78, 5) is 4.25. The van der Waals surface area contributed by atoms with Crippen LogP contribution in [0.3, 0.4) is 0 Å². The molecule has 0 aliphatic heterocycles. The Balaban J connectivity index is 3.10. The van der Waals surface area contributed by atoms with E-state index in [1.807, 2.05) is 13.8 Å². The topological polar surface area (TPSA) is 57.9 Å². The highest BCUT2D eigenvalue weighted by Crippen LogP contribution is 2.29. The van der Waals surface area contributed by atoms with Crippen LogP contribution in [0.5, 0.6) is 5.75 Å². The number of nitriles is 1. The summed E-state index contributed by atoms with van der Waals surface area (Å²) >= 11 is 0. The highest BCUT2D eigenvalue weighted by molar-refractivity contribution is 5.56. The molecular formula is C13H15N3O. The first kappa shape index (κ1) is 12.9. The fourth-order valence-corrected chi connectivity index (χ4v) is 1.28. The largest absolute Gasteiger partial charge is 0.494 e. The Morgan fingerprint density at radius 2 is 2.29 bits per heavy atom. The second kappa shape index (κ2) is 5.23. The first-order chi connectivity index (χ1) is 8.05. The molecule has 0 spiro atoms. The number of rotatable bonds is 4. The van der Waals surface area contributed by atoms with Gasteiger partial charge in [-0.25, -0.2) is 0 Å². The van der Waals surface area contributed by atoms with Gasteiger partial charge < -0.3 is 10.1 Å². The molecule has 0 amide bonds. The van der Waals surface area contributed by atoms with Gasteiger partial charge in [0, 0.05) is 6.07 Å². The fourth-order valence-electron chi connectivity index (χ4n) is 1.28. The van der Waals surface area contributed by atoms with E-state index in [1.165, 1.54) is 0 Å². The maximum absolute atomic E-state index is 9.05. The zero-order valence-corrected chi connectivity index (χ0v) is 10.2.